The van der Waals surface area contributed by atoms with Crippen LogP contribution in [0.5, 0.6) is 0 Å². The van der Waals surface area contributed by atoms with Crippen molar-refractivity contribution in [3.8, 4) is 0 Å². The molecule has 1 aliphatic heterocycles. The van der Waals surface area contributed by atoms with Gasteiger partial charge >= 0.3 is 0 Å². The highest BCUT2D eigenvalue weighted by atomic mass is 127. The van der Waals surface area contributed by atoms with E-state index in [1.807, 2.05) is 0 Å². The van der Waals surface area contributed by atoms with Gasteiger partial charge in [0.25, 0.3) is 0 Å². The fourth-order valence-corrected chi connectivity index (χ4v) is 3.20. The Morgan fingerprint density at radius 1 is 1.23 bits per heavy atom. The van der Waals surface area contributed by atoms with E-state index >= 15 is 0 Å². The molecule has 7 heteroatoms. The van der Waals surface area contributed by atoms with Crippen molar-refractivity contribution in [3.63, 3.8) is 0 Å². The summed E-state index contributed by atoms with van der Waals surface area (Å²) < 4.78 is 26.5. The van der Waals surface area contributed by atoms with Gasteiger partial charge in [-0.3, -0.25) is 4.99 Å². The normalized spacial score (nSPS) is 17.4. The Bertz CT molecular complexity index is 579. The zero-order valence-electron chi connectivity index (χ0n) is 15.9. The first-order chi connectivity index (χ1) is 12.1. The van der Waals surface area contributed by atoms with Crippen LogP contribution in [-0.4, -0.2) is 39.2 Å². The zero-order valence-corrected chi connectivity index (χ0v) is 18.2. The fourth-order valence-electron chi connectivity index (χ4n) is 3.20. The lowest BCUT2D eigenvalue weighted by Crippen LogP contribution is -2.42. The maximum absolute atomic E-state index is 13.4. The van der Waals surface area contributed by atoms with Gasteiger partial charge in [-0.05, 0) is 30.4 Å². The predicted molar refractivity (Wildman–Crippen MR) is 116 cm³/mol. The van der Waals surface area contributed by atoms with Crippen molar-refractivity contribution in [1.82, 2.24) is 10.6 Å². The molecule has 0 aromatic heterocycles. The van der Waals surface area contributed by atoms with Gasteiger partial charge in [-0.15, -0.1) is 24.0 Å². The monoisotopic (exact) mass is 480 g/mol. The minimum absolute atomic E-state index is 0. The van der Waals surface area contributed by atoms with Crippen molar-refractivity contribution in [3.05, 3.63) is 29.8 Å². The molecule has 1 saturated heterocycles. The van der Waals surface area contributed by atoms with Crippen LogP contribution in [0, 0.1) is 23.5 Å². The molecule has 0 aliphatic carbocycles. The molecule has 0 amide bonds. The standard InChI is InChI=1S/C19H30F2N4.HI/c1-4-14(5-2)11-23-19(22-3)24-12-15-8-9-25(13-15)16-6-7-17(20)18(21)10-16;/h6-7,10,14-15H,4-5,8-9,11-13H2,1-3H3,(H2,22,23,24);1H. The molecule has 1 aromatic carbocycles. The zero-order chi connectivity index (χ0) is 18.2. The number of hydrogen-bond acceptors (Lipinski definition) is 2. The van der Waals surface area contributed by atoms with Gasteiger partial charge < -0.3 is 15.5 Å². The van der Waals surface area contributed by atoms with E-state index in [1.54, 1.807) is 13.1 Å². The summed E-state index contributed by atoms with van der Waals surface area (Å²) in [5.74, 6) is 0.366. The number of halogens is 3. The van der Waals surface area contributed by atoms with E-state index in [9.17, 15) is 8.78 Å². The van der Waals surface area contributed by atoms with E-state index in [4.69, 9.17) is 0 Å². The van der Waals surface area contributed by atoms with Gasteiger partial charge in [-0.25, -0.2) is 8.78 Å². The third-order valence-corrected chi connectivity index (χ3v) is 5.05. The smallest absolute Gasteiger partial charge is 0.190 e. The fraction of sp³-hybridized carbons (Fsp3) is 0.632. The van der Waals surface area contributed by atoms with E-state index in [0.717, 1.165) is 57.1 Å². The molecule has 1 atom stereocenters. The summed E-state index contributed by atoms with van der Waals surface area (Å²) in [7, 11) is 1.78. The molecular weight excluding hydrogens is 449 g/mol. The number of aliphatic imine (C=N–C) groups is 1. The lowest BCUT2D eigenvalue weighted by molar-refractivity contribution is 0.478. The highest BCUT2D eigenvalue weighted by molar-refractivity contribution is 14.0. The number of benzene rings is 1. The molecule has 0 bridgehead atoms. The van der Waals surface area contributed by atoms with Crippen molar-refractivity contribution >= 4 is 35.6 Å². The molecule has 4 nitrogen and oxygen atoms in total. The van der Waals surface area contributed by atoms with Crippen LogP contribution >= 0.6 is 24.0 Å². The maximum atomic E-state index is 13.4. The lowest BCUT2D eigenvalue weighted by Gasteiger charge is -2.20. The number of hydrogen-bond donors (Lipinski definition) is 2. The lowest BCUT2D eigenvalue weighted by atomic mass is 10.0. The summed E-state index contributed by atoms with van der Waals surface area (Å²) in [4.78, 5) is 6.38. The Morgan fingerprint density at radius 2 is 1.96 bits per heavy atom. The Hall–Kier alpha value is -1.12. The molecule has 1 aromatic rings. The van der Waals surface area contributed by atoms with Crippen molar-refractivity contribution in [1.29, 1.82) is 0 Å². The molecule has 1 heterocycles. The molecule has 2 N–H and O–H groups in total. The van der Waals surface area contributed by atoms with Gasteiger partial charge in [0.15, 0.2) is 17.6 Å². The number of guanidine groups is 1. The van der Waals surface area contributed by atoms with Gasteiger partial charge in [0.2, 0.25) is 0 Å². The van der Waals surface area contributed by atoms with Crippen LogP contribution in [0.2, 0.25) is 0 Å². The van der Waals surface area contributed by atoms with Crippen molar-refractivity contribution in [2.24, 2.45) is 16.8 Å². The largest absolute Gasteiger partial charge is 0.371 e. The molecule has 1 unspecified atom stereocenters. The summed E-state index contributed by atoms with van der Waals surface area (Å²) in [5, 5.41) is 6.77. The number of nitrogens with zero attached hydrogens (tertiary/aromatic N) is 2. The molecule has 148 valence electrons. The van der Waals surface area contributed by atoms with Crippen molar-refractivity contribution in [2.45, 2.75) is 33.1 Å². The number of nitrogens with one attached hydrogen (secondary N) is 2. The SMILES string of the molecule is CCC(CC)CNC(=NC)NCC1CCN(c2ccc(F)c(F)c2)C1.I. The summed E-state index contributed by atoms with van der Waals surface area (Å²) in [6.07, 6.45) is 3.34. The average molecular weight is 480 g/mol. The first-order valence-electron chi connectivity index (χ1n) is 9.21. The van der Waals surface area contributed by atoms with E-state index < -0.39 is 11.6 Å². The number of rotatable bonds is 7. The van der Waals surface area contributed by atoms with Gasteiger partial charge in [-0.1, -0.05) is 26.7 Å². The van der Waals surface area contributed by atoms with Crippen LogP contribution in [0.1, 0.15) is 33.1 Å². The minimum Gasteiger partial charge on any atom is -0.371 e. The third kappa shape index (κ3) is 6.55. The molecule has 0 radical (unpaired) electrons. The third-order valence-electron chi connectivity index (χ3n) is 5.05. The highest BCUT2D eigenvalue weighted by Gasteiger charge is 2.23. The van der Waals surface area contributed by atoms with Crippen LogP contribution in [-0.2, 0) is 0 Å². The molecule has 0 saturated carbocycles. The first-order valence-corrected chi connectivity index (χ1v) is 9.21. The van der Waals surface area contributed by atoms with Crippen LogP contribution in [0.15, 0.2) is 23.2 Å². The first kappa shape index (κ1) is 22.9. The van der Waals surface area contributed by atoms with Crippen LogP contribution in [0.4, 0.5) is 14.5 Å². The molecule has 1 aliphatic rings. The van der Waals surface area contributed by atoms with E-state index in [1.165, 1.54) is 12.1 Å². The second-order valence-electron chi connectivity index (χ2n) is 6.72. The van der Waals surface area contributed by atoms with Crippen molar-refractivity contribution < 1.29 is 8.78 Å². The van der Waals surface area contributed by atoms with Gasteiger partial charge in [0, 0.05) is 45.0 Å². The second-order valence-corrected chi connectivity index (χ2v) is 6.72. The summed E-state index contributed by atoms with van der Waals surface area (Å²) in [6, 6.07) is 4.12. The summed E-state index contributed by atoms with van der Waals surface area (Å²) in [6.45, 7) is 7.86. The highest BCUT2D eigenvalue weighted by Crippen LogP contribution is 2.24. The molecule has 0 spiro atoms. The van der Waals surface area contributed by atoms with Gasteiger partial charge in [0.05, 0.1) is 0 Å². The molecular formula is C19H31F2IN4. The minimum atomic E-state index is -0.798. The van der Waals surface area contributed by atoms with E-state index in [2.05, 4.69) is 34.4 Å². The quantitative estimate of drug-likeness (QED) is 0.352. The Kier molecular flexibility index (Phi) is 10.2. The van der Waals surface area contributed by atoms with E-state index in [0.29, 0.717) is 11.8 Å². The molecule has 1 fully saturated rings. The Labute approximate surface area is 172 Å². The Balaban J connectivity index is 0.00000338. The van der Waals surface area contributed by atoms with Crippen molar-refractivity contribution in [2.75, 3.05) is 38.1 Å². The molecule has 26 heavy (non-hydrogen) atoms. The Morgan fingerprint density at radius 3 is 2.58 bits per heavy atom. The van der Waals surface area contributed by atoms with Gasteiger partial charge in [0.1, 0.15) is 0 Å². The maximum Gasteiger partial charge on any atom is 0.190 e. The average Bonchev–Trinajstić information content (AvgIpc) is 3.09. The van der Waals surface area contributed by atoms with Crippen LogP contribution < -0.4 is 15.5 Å². The second kappa shape index (κ2) is 11.6. The summed E-state index contributed by atoms with van der Waals surface area (Å²) in [5.41, 5.74) is 0.748. The molecule has 2 rings (SSSR count). The van der Waals surface area contributed by atoms with Crippen LogP contribution in [0.3, 0.4) is 0 Å². The summed E-state index contributed by atoms with van der Waals surface area (Å²) >= 11 is 0. The van der Waals surface area contributed by atoms with E-state index in [-0.39, 0.29) is 24.0 Å². The van der Waals surface area contributed by atoms with Gasteiger partial charge in [-0.2, -0.15) is 0 Å². The number of anilines is 1. The van der Waals surface area contributed by atoms with Crippen LogP contribution in [0.25, 0.3) is 0 Å². The predicted octanol–water partition coefficient (Wildman–Crippen LogP) is 4.01. The topological polar surface area (TPSA) is 39.7 Å².